The average Bonchev–Trinajstić information content (AvgIpc) is 2.46. The van der Waals surface area contributed by atoms with Crippen LogP contribution in [0.4, 0.5) is 5.69 Å². The Morgan fingerprint density at radius 2 is 2.15 bits per heavy atom. The molecule has 1 aromatic carbocycles. The van der Waals surface area contributed by atoms with Crippen LogP contribution in [0.1, 0.15) is 39.5 Å². The van der Waals surface area contributed by atoms with E-state index in [-0.39, 0.29) is 5.56 Å². The number of hydrogen-bond donors (Lipinski definition) is 1. The third-order valence-electron chi connectivity index (χ3n) is 3.85. The molecule has 0 amide bonds. The molecule has 0 aliphatic carbocycles. The van der Waals surface area contributed by atoms with Gasteiger partial charge in [-0.3, -0.25) is 9.36 Å². The van der Waals surface area contributed by atoms with Gasteiger partial charge in [-0.15, -0.1) is 0 Å². The number of rotatable bonds is 6. The summed E-state index contributed by atoms with van der Waals surface area (Å²) >= 11 is 0. The van der Waals surface area contributed by atoms with Gasteiger partial charge in [0.25, 0.3) is 5.56 Å². The number of aromatic nitrogens is 2. The monoisotopic (exact) mass is 273 g/mol. The number of benzene rings is 1. The minimum atomic E-state index is 0.0113. The van der Waals surface area contributed by atoms with E-state index in [9.17, 15) is 4.79 Å². The van der Waals surface area contributed by atoms with Crippen molar-refractivity contribution < 1.29 is 0 Å². The van der Waals surface area contributed by atoms with E-state index >= 15 is 0 Å². The maximum atomic E-state index is 12.5. The zero-order valence-electron chi connectivity index (χ0n) is 12.3. The van der Waals surface area contributed by atoms with Gasteiger partial charge in [-0.25, -0.2) is 4.98 Å². The highest BCUT2D eigenvalue weighted by Crippen LogP contribution is 2.15. The first-order chi connectivity index (χ1) is 9.65. The van der Waals surface area contributed by atoms with E-state index in [0.717, 1.165) is 19.4 Å². The summed E-state index contributed by atoms with van der Waals surface area (Å²) in [5.41, 5.74) is 7.09. The Labute approximate surface area is 119 Å². The van der Waals surface area contributed by atoms with Crippen molar-refractivity contribution >= 4 is 16.6 Å². The van der Waals surface area contributed by atoms with Crippen LogP contribution in [0.5, 0.6) is 0 Å². The molecule has 4 nitrogen and oxygen atoms in total. The van der Waals surface area contributed by atoms with Crippen LogP contribution >= 0.6 is 0 Å². The Hall–Kier alpha value is -1.84. The predicted octanol–water partition coefficient (Wildman–Crippen LogP) is 3.20. The number of nitrogen functional groups attached to an aromatic ring is 1. The van der Waals surface area contributed by atoms with E-state index in [2.05, 4.69) is 18.8 Å². The Balaban J connectivity index is 2.30. The molecule has 0 aliphatic rings. The molecule has 0 fully saturated rings. The summed E-state index contributed by atoms with van der Waals surface area (Å²) in [6, 6.07) is 5.29. The molecule has 0 bridgehead atoms. The third-order valence-corrected chi connectivity index (χ3v) is 3.85. The molecule has 0 radical (unpaired) electrons. The Bertz CT molecular complexity index is 633. The lowest BCUT2D eigenvalue weighted by atomic mass is 9.99. The molecule has 2 aromatic rings. The third kappa shape index (κ3) is 3.18. The van der Waals surface area contributed by atoms with Crippen molar-refractivity contribution in [1.29, 1.82) is 0 Å². The molecule has 108 valence electrons. The van der Waals surface area contributed by atoms with Crippen molar-refractivity contribution in [1.82, 2.24) is 9.55 Å². The number of hydrogen-bond acceptors (Lipinski definition) is 3. The van der Waals surface area contributed by atoms with Gasteiger partial charge in [-0.1, -0.05) is 33.1 Å². The van der Waals surface area contributed by atoms with Gasteiger partial charge in [-0.05, 0) is 30.5 Å². The van der Waals surface area contributed by atoms with Crippen LogP contribution < -0.4 is 11.3 Å². The fourth-order valence-corrected chi connectivity index (χ4v) is 2.50. The minimum absolute atomic E-state index is 0.0113. The molecule has 0 saturated heterocycles. The Morgan fingerprint density at radius 3 is 2.85 bits per heavy atom. The van der Waals surface area contributed by atoms with Crippen LogP contribution in [-0.4, -0.2) is 9.55 Å². The molecule has 1 heterocycles. The largest absolute Gasteiger partial charge is 0.399 e. The zero-order chi connectivity index (χ0) is 14.5. The molecule has 2 rings (SSSR count). The van der Waals surface area contributed by atoms with E-state index < -0.39 is 0 Å². The molecule has 4 heteroatoms. The molecule has 0 saturated carbocycles. The van der Waals surface area contributed by atoms with Crippen LogP contribution in [0.2, 0.25) is 0 Å². The van der Waals surface area contributed by atoms with Crippen LogP contribution in [0.3, 0.4) is 0 Å². The molecule has 1 atom stereocenters. The van der Waals surface area contributed by atoms with Crippen molar-refractivity contribution in [2.24, 2.45) is 5.92 Å². The molecule has 1 unspecified atom stereocenters. The summed E-state index contributed by atoms with van der Waals surface area (Å²) in [5.74, 6) is 0.535. The first kappa shape index (κ1) is 14.6. The molecular weight excluding hydrogens is 250 g/mol. The van der Waals surface area contributed by atoms with Gasteiger partial charge in [-0.2, -0.15) is 0 Å². The van der Waals surface area contributed by atoms with Gasteiger partial charge in [0.05, 0.1) is 17.2 Å². The summed E-state index contributed by atoms with van der Waals surface area (Å²) in [6.45, 7) is 5.12. The van der Waals surface area contributed by atoms with Crippen molar-refractivity contribution in [2.75, 3.05) is 5.73 Å². The number of nitrogens with two attached hydrogens (primary N) is 1. The summed E-state index contributed by atoms with van der Waals surface area (Å²) in [4.78, 5) is 16.8. The van der Waals surface area contributed by atoms with Crippen molar-refractivity contribution in [2.45, 2.75) is 46.1 Å². The second-order valence-electron chi connectivity index (χ2n) is 5.40. The van der Waals surface area contributed by atoms with Crippen molar-refractivity contribution in [3.05, 3.63) is 34.9 Å². The maximum absolute atomic E-state index is 12.5. The molecule has 20 heavy (non-hydrogen) atoms. The molecule has 0 spiro atoms. The van der Waals surface area contributed by atoms with Gasteiger partial charge >= 0.3 is 0 Å². The normalized spacial score (nSPS) is 12.7. The van der Waals surface area contributed by atoms with E-state index in [1.165, 1.54) is 12.8 Å². The molecule has 2 N–H and O–H groups in total. The lowest BCUT2D eigenvalue weighted by Crippen LogP contribution is -2.24. The maximum Gasteiger partial charge on any atom is 0.261 e. The SMILES string of the molecule is CCCCC(CC)Cn1cnc2ccc(N)cc2c1=O. The second-order valence-corrected chi connectivity index (χ2v) is 5.40. The smallest absolute Gasteiger partial charge is 0.261 e. The van der Waals surface area contributed by atoms with Crippen LogP contribution in [0.25, 0.3) is 10.9 Å². The minimum Gasteiger partial charge on any atom is -0.399 e. The summed E-state index contributed by atoms with van der Waals surface area (Å²) in [7, 11) is 0. The van der Waals surface area contributed by atoms with Gasteiger partial charge < -0.3 is 5.73 Å². The van der Waals surface area contributed by atoms with Gasteiger partial charge in [0.1, 0.15) is 0 Å². The lowest BCUT2D eigenvalue weighted by Gasteiger charge is -2.16. The fraction of sp³-hybridized carbons (Fsp3) is 0.500. The predicted molar refractivity (Wildman–Crippen MR) is 83.7 cm³/mol. The van der Waals surface area contributed by atoms with E-state index in [1.807, 2.05) is 0 Å². The second kappa shape index (κ2) is 6.55. The quantitative estimate of drug-likeness (QED) is 0.822. The summed E-state index contributed by atoms with van der Waals surface area (Å²) in [6.07, 6.45) is 6.31. The average molecular weight is 273 g/mol. The highest BCUT2D eigenvalue weighted by atomic mass is 16.1. The van der Waals surface area contributed by atoms with Crippen molar-refractivity contribution in [3.8, 4) is 0 Å². The number of fused-ring (bicyclic) bond motifs is 1. The Morgan fingerprint density at radius 1 is 1.35 bits per heavy atom. The van der Waals surface area contributed by atoms with Gasteiger partial charge in [0.2, 0.25) is 0 Å². The van der Waals surface area contributed by atoms with Gasteiger partial charge in [0.15, 0.2) is 0 Å². The molecule has 1 aromatic heterocycles. The van der Waals surface area contributed by atoms with E-state index in [4.69, 9.17) is 5.73 Å². The summed E-state index contributed by atoms with van der Waals surface area (Å²) < 4.78 is 1.73. The fourth-order valence-electron chi connectivity index (χ4n) is 2.50. The van der Waals surface area contributed by atoms with Crippen LogP contribution in [-0.2, 0) is 6.54 Å². The van der Waals surface area contributed by atoms with Crippen LogP contribution in [0, 0.1) is 5.92 Å². The summed E-state index contributed by atoms with van der Waals surface area (Å²) in [5, 5.41) is 0.609. The van der Waals surface area contributed by atoms with Crippen LogP contribution in [0.15, 0.2) is 29.3 Å². The topological polar surface area (TPSA) is 60.9 Å². The highest BCUT2D eigenvalue weighted by molar-refractivity contribution is 5.80. The first-order valence-corrected chi connectivity index (χ1v) is 7.40. The molecule has 0 aliphatic heterocycles. The van der Waals surface area contributed by atoms with E-state index in [0.29, 0.717) is 22.5 Å². The van der Waals surface area contributed by atoms with E-state index in [1.54, 1.807) is 29.1 Å². The Kier molecular flexibility index (Phi) is 4.77. The highest BCUT2D eigenvalue weighted by Gasteiger charge is 2.10. The van der Waals surface area contributed by atoms with Gasteiger partial charge in [0, 0.05) is 12.2 Å². The standard InChI is InChI=1S/C16H23N3O/c1-3-5-6-12(4-2)10-19-11-18-15-8-7-13(17)9-14(15)16(19)20/h7-9,11-12H,3-6,10,17H2,1-2H3. The molecular formula is C16H23N3O. The number of unbranched alkanes of at least 4 members (excludes halogenated alkanes) is 1. The lowest BCUT2D eigenvalue weighted by molar-refractivity contribution is 0.384. The number of nitrogens with zero attached hydrogens (tertiary/aromatic N) is 2. The number of anilines is 1. The zero-order valence-corrected chi connectivity index (χ0v) is 12.3. The first-order valence-electron chi connectivity index (χ1n) is 7.40. The van der Waals surface area contributed by atoms with Crippen molar-refractivity contribution in [3.63, 3.8) is 0 Å².